The molecule has 0 bridgehead atoms. The van der Waals surface area contributed by atoms with Gasteiger partial charge in [0.15, 0.2) is 0 Å². The van der Waals surface area contributed by atoms with E-state index in [0.29, 0.717) is 11.6 Å². The predicted molar refractivity (Wildman–Crippen MR) is 116 cm³/mol. The summed E-state index contributed by atoms with van der Waals surface area (Å²) in [5, 5.41) is 13.5. The van der Waals surface area contributed by atoms with E-state index in [1.165, 1.54) is 12.8 Å². The van der Waals surface area contributed by atoms with Crippen molar-refractivity contribution < 1.29 is 4.79 Å². The highest BCUT2D eigenvalue weighted by molar-refractivity contribution is 6.06. The van der Waals surface area contributed by atoms with Gasteiger partial charge in [-0.3, -0.25) is 4.79 Å². The van der Waals surface area contributed by atoms with Crippen LogP contribution in [0, 0.1) is 0 Å². The largest absolute Gasteiger partial charge is 0.382 e. The monoisotopic (exact) mass is 380 g/mol. The van der Waals surface area contributed by atoms with Crippen LogP contribution in [0.3, 0.4) is 0 Å². The molecule has 5 nitrogen and oxygen atoms in total. The van der Waals surface area contributed by atoms with Crippen LogP contribution in [-0.2, 0) is 0 Å². The fraction of sp³-hybridized carbons (Fsp3) is 0.125. The average molecular weight is 380 g/mol. The van der Waals surface area contributed by atoms with Gasteiger partial charge in [0.05, 0.1) is 12.4 Å². The van der Waals surface area contributed by atoms with Crippen LogP contribution in [0.15, 0.2) is 73.1 Å². The van der Waals surface area contributed by atoms with Crippen molar-refractivity contribution in [3.63, 3.8) is 0 Å². The number of hydrogen-bond acceptors (Lipinski definition) is 4. The summed E-state index contributed by atoms with van der Waals surface area (Å²) in [7, 11) is 0. The minimum atomic E-state index is -0.435. The summed E-state index contributed by atoms with van der Waals surface area (Å²) in [6.45, 7) is 0. The van der Waals surface area contributed by atoms with Gasteiger partial charge in [-0.05, 0) is 42.2 Å². The first-order valence-corrected chi connectivity index (χ1v) is 9.70. The van der Waals surface area contributed by atoms with Crippen molar-refractivity contribution in [3.05, 3.63) is 78.6 Å². The molecule has 3 N–H and O–H groups in total. The molecule has 1 amide bonds. The summed E-state index contributed by atoms with van der Waals surface area (Å²) in [4.78, 5) is 12.3. The molecule has 1 fully saturated rings. The molecule has 0 saturated heterocycles. The van der Waals surface area contributed by atoms with Gasteiger partial charge >= 0.3 is 0 Å². The van der Waals surface area contributed by atoms with E-state index in [1.54, 1.807) is 18.5 Å². The number of nitrogens with zero attached hydrogens (tertiary/aromatic N) is 2. The second-order valence-corrected chi connectivity index (χ2v) is 7.39. The van der Waals surface area contributed by atoms with E-state index < -0.39 is 5.91 Å². The molecule has 142 valence electrons. The third kappa shape index (κ3) is 3.31. The third-order valence-electron chi connectivity index (χ3n) is 5.32. The quantitative estimate of drug-likeness (QED) is 0.529. The average Bonchev–Trinajstić information content (AvgIpc) is 3.57. The van der Waals surface area contributed by atoms with Gasteiger partial charge in [0.2, 0.25) is 5.91 Å². The van der Waals surface area contributed by atoms with Crippen LogP contribution < -0.4 is 11.1 Å². The molecular formula is C24H20N4O. The maximum atomic E-state index is 12.3. The number of primary amides is 1. The Balaban J connectivity index is 1.75. The highest BCUT2D eigenvalue weighted by Gasteiger charge is 2.24. The van der Waals surface area contributed by atoms with Crippen molar-refractivity contribution in [1.82, 2.24) is 10.2 Å². The summed E-state index contributed by atoms with van der Waals surface area (Å²) < 4.78 is 0. The summed E-state index contributed by atoms with van der Waals surface area (Å²) in [5.41, 5.74) is 11.1. The number of nitrogens with two attached hydrogens (primary N) is 1. The molecule has 0 spiro atoms. The molecular weight excluding hydrogens is 360 g/mol. The van der Waals surface area contributed by atoms with Crippen molar-refractivity contribution in [2.45, 2.75) is 18.9 Å². The second kappa shape index (κ2) is 7.02. The van der Waals surface area contributed by atoms with E-state index >= 15 is 0 Å². The molecule has 0 atom stereocenters. The minimum Gasteiger partial charge on any atom is -0.382 e. The number of aromatic nitrogens is 2. The van der Waals surface area contributed by atoms with Crippen LogP contribution in [0.25, 0.3) is 33.0 Å². The van der Waals surface area contributed by atoms with E-state index in [4.69, 9.17) is 5.73 Å². The van der Waals surface area contributed by atoms with E-state index in [9.17, 15) is 4.79 Å². The summed E-state index contributed by atoms with van der Waals surface area (Å²) in [6, 6.07) is 20.5. The smallest absolute Gasteiger partial charge is 0.249 e. The predicted octanol–water partition coefficient (Wildman–Crippen LogP) is 4.64. The number of carbonyl (C=O) groups excluding carboxylic acids is 1. The molecule has 0 aliphatic heterocycles. The fourth-order valence-electron chi connectivity index (χ4n) is 3.73. The van der Waals surface area contributed by atoms with Crippen molar-refractivity contribution in [2.75, 3.05) is 5.32 Å². The molecule has 0 radical (unpaired) electrons. The zero-order valence-electron chi connectivity index (χ0n) is 15.8. The van der Waals surface area contributed by atoms with Gasteiger partial charge < -0.3 is 11.1 Å². The number of para-hydroxylation sites is 1. The van der Waals surface area contributed by atoms with Gasteiger partial charge in [-0.2, -0.15) is 10.2 Å². The molecule has 29 heavy (non-hydrogen) atoms. The van der Waals surface area contributed by atoms with Gasteiger partial charge in [-0.15, -0.1) is 0 Å². The fourth-order valence-corrected chi connectivity index (χ4v) is 3.73. The third-order valence-corrected chi connectivity index (χ3v) is 5.32. The Hall–Kier alpha value is -3.73. The topological polar surface area (TPSA) is 80.9 Å². The summed E-state index contributed by atoms with van der Waals surface area (Å²) >= 11 is 0. The molecule has 3 aromatic carbocycles. The molecule has 1 aromatic heterocycles. The Morgan fingerprint density at radius 1 is 0.897 bits per heavy atom. The Bertz CT molecular complexity index is 1230. The number of benzene rings is 3. The number of nitrogens with one attached hydrogen (secondary N) is 1. The van der Waals surface area contributed by atoms with Crippen molar-refractivity contribution in [1.29, 1.82) is 0 Å². The lowest BCUT2D eigenvalue weighted by atomic mass is 9.88. The summed E-state index contributed by atoms with van der Waals surface area (Å²) in [6.07, 6.45) is 5.84. The van der Waals surface area contributed by atoms with Crippen LogP contribution in [0.5, 0.6) is 0 Å². The highest BCUT2D eigenvalue weighted by atomic mass is 16.1. The lowest BCUT2D eigenvalue weighted by Gasteiger charge is -2.18. The van der Waals surface area contributed by atoms with E-state index in [2.05, 4.69) is 27.6 Å². The zero-order chi connectivity index (χ0) is 19.8. The number of carbonyl (C=O) groups is 1. The van der Waals surface area contributed by atoms with Crippen LogP contribution in [-0.4, -0.2) is 22.1 Å². The number of anilines is 1. The first-order chi connectivity index (χ1) is 14.2. The molecule has 1 aliphatic carbocycles. The van der Waals surface area contributed by atoms with Crippen molar-refractivity contribution in [3.8, 4) is 22.3 Å². The van der Waals surface area contributed by atoms with Crippen LogP contribution in [0.2, 0.25) is 0 Å². The van der Waals surface area contributed by atoms with Crippen molar-refractivity contribution in [2.24, 2.45) is 5.73 Å². The lowest BCUT2D eigenvalue weighted by molar-refractivity contribution is 0.100. The molecule has 5 rings (SSSR count). The van der Waals surface area contributed by atoms with E-state index in [1.807, 2.05) is 42.5 Å². The van der Waals surface area contributed by atoms with Gasteiger partial charge in [-0.25, -0.2) is 0 Å². The Morgan fingerprint density at radius 3 is 2.45 bits per heavy atom. The first-order valence-electron chi connectivity index (χ1n) is 9.70. The normalized spacial score (nSPS) is 13.4. The Kier molecular flexibility index (Phi) is 4.21. The van der Waals surface area contributed by atoms with E-state index in [0.717, 1.165) is 38.7 Å². The molecule has 1 saturated carbocycles. The van der Waals surface area contributed by atoms with Crippen LogP contribution >= 0.6 is 0 Å². The first kappa shape index (κ1) is 17.4. The van der Waals surface area contributed by atoms with Gasteiger partial charge in [0.25, 0.3) is 0 Å². The number of amides is 1. The second-order valence-electron chi connectivity index (χ2n) is 7.39. The highest BCUT2D eigenvalue weighted by Crippen LogP contribution is 2.40. The minimum absolute atomic E-state index is 0.435. The molecule has 1 aliphatic rings. The maximum Gasteiger partial charge on any atom is 0.249 e. The van der Waals surface area contributed by atoms with Crippen LogP contribution in [0.1, 0.15) is 23.2 Å². The maximum absolute atomic E-state index is 12.3. The molecule has 1 heterocycles. The SMILES string of the molecule is NC(=O)c1cccc(-c2ccc3cnncc3c2)c1-c1ccccc1NC1CC1. The molecule has 0 unspecified atom stereocenters. The zero-order valence-corrected chi connectivity index (χ0v) is 15.8. The standard InChI is InChI=1S/C24H20N4O/c25-24(29)21-6-3-5-19(15-8-9-16-13-26-27-14-17(16)12-15)23(21)20-4-1-2-7-22(20)28-18-10-11-18/h1-9,12-14,18,28H,10-11H2,(H2,25,29). The van der Waals surface area contributed by atoms with Gasteiger partial charge in [-0.1, -0.05) is 42.5 Å². The van der Waals surface area contributed by atoms with Gasteiger partial charge in [0, 0.05) is 39.2 Å². The molecule has 4 aromatic rings. The number of fused-ring (bicyclic) bond motifs is 1. The molecule has 5 heteroatoms. The van der Waals surface area contributed by atoms with Gasteiger partial charge in [0.1, 0.15) is 0 Å². The number of rotatable bonds is 5. The van der Waals surface area contributed by atoms with Crippen molar-refractivity contribution >= 4 is 22.4 Å². The summed E-state index contributed by atoms with van der Waals surface area (Å²) in [5.74, 6) is -0.435. The van der Waals surface area contributed by atoms with Crippen LogP contribution in [0.4, 0.5) is 5.69 Å². The Labute approximate surface area is 168 Å². The lowest BCUT2D eigenvalue weighted by Crippen LogP contribution is -2.13. The van der Waals surface area contributed by atoms with E-state index in [-0.39, 0.29) is 0 Å². The Morgan fingerprint density at radius 2 is 1.66 bits per heavy atom. The number of hydrogen-bond donors (Lipinski definition) is 2.